The van der Waals surface area contributed by atoms with Gasteiger partial charge in [0.15, 0.2) is 5.13 Å². The molecule has 2 aromatic heterocycles. The molecule has 0 aliphatic heterocycles. The lowest BCUT2D eigenvalue weighted by Crippen LogP contribution is -1.98. The average molecular weight is 251 g/mol. The van der Waals surface area contributed by atoms with Crippen LogP contribution in [0.5, 0.6) is 0 Å². The molecule has 0 bridgehead atoms. The van der Waals surface area contributed by atoms with Crippen molar-refractivity contribution in [1.82, 2.24) is 9.97 Å². The fraction of sp³-hybridized carbons (Fsp3) is 0.333. The topological polar surface area (TPSA) is 37.8 Å². The molecule has 3 nitrogen and oxygen atoms in total. The highest BCUT2D eigenvalue weighted by atomic mass is 32.1. The molecular formula is C12H14FN3S. The fourth-order valence-corrected chi connectivity index (χ4v) is 2.31. The highest BCUT2D eigenvalue weighted by Gasteiger charge is 2.10. The first kappa shape index (κ1) is 12.0. The Morgan fingerprint density at radius 1 is 1.41 bits per heavy atom. The van der Waals surface area contributed by atoms with E-state index in [2.05, 4.69) is 22.2 Å². The van der Waals surface area contributed by atoms with Crippen molar-refractivity contribution in [3.05, 3.63) is 29.0 Å². The van der Waals surface area contributed by atoms with Gasteiger partial charge < -0.3 is 5.32 Å². The number of aromatic nitrogens is 2. The van der Waals surface area contributed by atoms with E-state index < -0.39 is 0 Å². The van der Waals surface area contributed by atoms with Crippen molar-refractivity contribution in [1.29, 1.82) is 0 Å². The first-order valence-corrected chi connectivity index (χ1v) is 6.35. The van der Waals surface area contributed by atoms with Gasteiger partial charge in [-0.15, -0.1) is 11.3 Å². The van der Waals surface area contributed by atoms with Crippen LogP contribution in [0.25, 0.3) is 11.4 Å². The van der Waals surface area contributed by atoms with Crippen LogP contribution in [0, 0.1) is 12.7 Å². The molecular weight excluding hydrogens is 237 g/mol. The molecule has 0 saturated carbocycles. The lowest BCUT2D eigenvalue weighted by Gasteiger charge is -1.98. The number of thiazole rings is 1. The van der Waals surface area contributed by atoms with Crippen LogP contribution in [0.2, 0.25) is 0 Å². The van der Waals surface area contributed by atoms with Crippen LogP contribution < -0.4 is 5.32 Å². The zero-order valence-electron chi connectivity index (χ0n) is 9.83. The molecule has 0 aliphatic carbocycles. The zero-order chi connectivity index (χ0) is 12.3. The SMILES string of the molecule is CCCNc1nc(-c2ccc(F)cn2)c(C)s1. The summed E-state index contributed by atoms with van der Waals surface area (Å²) in [6.07, 6.45) is 2.27. The molecule has 0 atom stereocenters. The Bertz CT molecular complexity index is 493. The van der Waals surface area contributed by atoms with E-state index in [4.69, 9.17) is 0 Å². The molecule has 0 aromatic carbocycles. The largest absolute Gasteiger partial charge is 0.362 e. The molecule has 0 radical (unpaired) electrons. The van der Waals surface area contributed by atoms with E-state index in [0.29, 0.717) is 5.69 Å². The summed E-state index contributed by atoms with van der Waals surface area (Å²) in [6.45, 7) is 5.01. The van der Waals surface area contributed by atoms with E-state index in [1.165, 1.54) is 12.3 Å². The first-order valence-electron chi connectivity index (χ1n) is 5.54. The predicted molar refractivity (Wildman–Crippen MR) is 68.8 cm³/mol. The number of aryl methyl sites for hydroxylation is 1. The third-order valence-electron chi connectivity index (χ3n) is 2.29. The third kappa shape index (κ3) is 2.79. The second kappa shape index (κ2) is 5.23. The van der Waals surface area contributed by atoms with Crippen LogP contribution in [0.3, 0.4) is 0 Å². The first-order chi connectivity index (χ1) is 8.20. The number of pyridine rings is 1. The Morgan fingerprint density at radius 2 is 2.24 bits per heavy atom. The van der Waals surface area contributed by atoms with Gasteiger partial charge in [0.05, 0.1) is 11.9 Å². The minimum absolute atomic E-state index is 0.328. The van der Waals surface area contributed by atoms with Crippen molar-refractivity contribution in [3.63, 3.8) is 0 Å². The summed E-state index contributed by atoms with van der Waals surface area (Å²) in [5.74, 6) is -0.328. The van der Waals surface area contributed by atoms with Gasteiger partial charge in [-0.25, -0.2) is 9.37 Å². The Labute approximate surface area is 104 Å². The van der Waals surface area contributed by atoms with Gasteiger partial charge in [-0.1, -0.05) is 6.92 Å². The number of hydrogen-bond donors (Lipinski definition) is 1. The summed E-state index contributed by atoms with van der Waals surface area (Å²) < 4.78 is 12.8. The molecule has 5 heteroatoms. The van der Waals surface area contributed by atoms with Gasteiger partial charge in [0, 0.05) is 11.4 Å². The van der Waals surface area contributed by atoms with Crippen molar-refractivity contribution in [2.75, 3.05) is 11.9 Å². The predicted octanol–water partition coefficient (Wildman–Crippen LogP) is 3.47. The number of nitrogens with one attached hydrogen (secondary N) is 1. The van der Waals surface area contributed by atoms with E-state index in [1.807, 2.05) is 6.92 Å². The second-order valence-corrected chi connectivity index (χ2v) is 4.92. The quantitative estimate of drug-likeness (QED) is 0.904. The van der Waals surface area contributed by atoms with E-state index in [0.717, 1.165) is 28.7 Å². The molecule has 90 valence electrons. The lowest BCUT2D eigenvalue weighted by molar-refractivity contribution is 0.622. The molecule has 2 rings (SSSR count). The summed E-state index contributed by atoms with van der Waals surface area (Å²) >= 11 is 1.60. The summed E-state index contributed by atoms with van der Waals surface area (Å²) in [5.41, 5.74) is 1.54. The second-order valence-electron chi connectivity index (χ2n) is 3.71. The van der Waals surface area contributed by atoms with Crippen LogP contribution in [0.15, 0.2) is 18.3 Å². The molecule has 0 fully saturated rings. The van der Waals surface area contributed by atoms with Gasteiger partial charge in [-0.05, 0) is 25.5 Å². The van der Waals surface area contributed by atoms with E-state index >= 15 is 0 Å². The van der Waals surface area contributed by atoms with E-state index in [-0.39, 0.29) is 5.82 Å². The van der Waals surface area contributed by atoms with Crippen LogP contribution in [-0.2, 0) is 0 Å². The molecule has 0 saturated heterocycles. The monoisotopic (exact) mass is 251 g/mol. The number of hydrogen-bond acceptors (Lipinski definition) is 4. The Morgan fingerprint density at radius 3 is 2.88 bits per heavy atom. The van der Waals surface area contributed by atoms with Gasteiger partial charge in [0.25, 0.3) is 0 Å². The smallest absolute Gasteiger partial charge is 0.183 e. The third-order valence-corrected chi connectivity index (χ3v) is 3.22. The van der Waals surface area contributed by atoms with Gasteiger partial charge in [-0.2, -0.15) is 0 Å². The minimum Gasteiger partial charge on any atom is -0.362 e. The van der Waals surface area contributed by atoms with Crippen molar-refractivity contribution < 1.29 is 4.39 Å². The van der Waals surface area contributed by atoms with Crippen LogP contribution in [0.4, 0.5) is 9.52 Å². The molecule has 0 aliphatic rings. The Balaban J connectivity index is 2.26. The maximum Gasteiger partial charge on any atom is 0.183 e. The van der Waals surface area contributed by atoms with Crippen molar-refractivity contribution in [2.24, 2.45) is 0 Å². The maximum atomic E-state index is 12.8. The van der Waals surface area contributed by atoms with Crippen LogP contribution >= 0.6 is 11.3 Å². The van der Waals surface area contributed by atoms with E-state index in [9.17, 15) is 4.39 Å². The summed E-state index contributed by atoms with van der Waals surface area (Å²) in [4.78, 5) is 9.60. The van der Waals surface area contributed by atoms with Crippen molar-refractivity contribution in [2.45, 2.75) is 20.3 Å². The van der Waals surface area contributed by atoms with Crippen molar-refractivity contribution in [3.8, 4) is 11.4 Å². The Hall–Kier alpha value is -1.49. The molecule has 0 unspecified atom stereocenters. The highest BCUT2D eigenvalue weighted by molar-refractivity contribution is 7.15. The standard InChI is InChI=1S/C12H14FN3S/c1-3-6-14-12-16-11(8(2)17-12)10-5-4-9(13)7-15-10/h4-5,7H,3,6H2,1-2H3,(H,14,16). The Kier molecular flexibility index (Phi) is 3.68. The fourth-order valence-electron chi connectivity index (χ4n) is 1.46. The number of anilines is 1. The molecule has 2 aromatic rings. The molecule has 1 N–H and O–H groups in total. The number of halogens is 1. The van der Waals surface area contributed by atoms with Crippen LogP contribution in [-0.4, -0.2) is 16.5 Å². The van der Waals surface area contributed by atoms with Gasteiger partial charge in [0.1, 0.15) is 11.5 Å². The van der Waals surface area contributed by atoms with Gasteiger partial charge in [-0.3, -0.25) is 4.98 Å². The molecule has 0 amide bonds. The summed E-state index contributed by atoms with van der Waals surface area (Å²) in [5, 5.41) is 4.14. The van der Waals surface area contributed by atoms with Crippen molar-refractivity contribution >= 4 is 16.5 Å². The summed E-state index contributed by atoms with van der Waals surface area (Å²) in [6, 6.07) is 3.06. The van der Waals surface area contributed by atoms with Gasteiger partial charge >= 0.3 is 0 Å². The lowest BCUT2D eigenvalue weighted by atomic mass is 10.2. The van der Waals surface area contributed by atoms with Crippen LogP contribution in [0.1, 0.15) is 18.2 Å². The molecule has 0 spiro atoms. The zero-order valence-corrected chi connectivity index (χ0v) is 10.6. The number of rotatable bonds is 4. The summed E-state index contributed by atoms with van der Waals surface area (Å²) in [7, 11) is 0. The minimum atomic E-state index is -0.328. The maximum absolute atomic E-state index is 12.8. The highest BCUT2D eigenvalue weighted by Crippen LogP contribution is 2.29. The normalized spacial score (nSPS) is 10.5. The van der Waals surface area contributed by atoms with Gasteiger partial charge in [0.2, 0.25) is 0 Å². The van der Waals surface area contributed by atoms with E-state index in [1.54, 1.807) is 17.4 Å². The average Bonchev–Trinajstić information content (AvgIpc) is 2.69. The molecule has 17 heavy (non-hydrogen) atoms. The molecule has 2 heterocycles. The number of nitrogens with zero attached hydrogens (tertiary/aromatic N) is 2.